The highest BCUT2D eigenvalue weighted by Crippen LogP contribution is 2.16. The number of halogens is 3. The van der Waals surface area contributed by atoms with Crippen molar-refractivity contribution in [3.63, 3.8) is 0 Å². The molecule has 7 heteroatoms. The molecular weight excluding hydrogens is 225 g/mol. The van der Waals surface area contributed by atoms with E-state index in [-0.39, 0.29) is 12.0 Å². The number of amides is 1. The molecule has 1 rings (SSSR count). The van der Waals surface area contributed by atoms with E-state index < -0.39 is 25.3 Å². The van der Waals surface area contributed by atoms with E-state index in [1.54, 1.807) is 0 Å². The van der Waals surface area contributed by atoms with Crippen molar-refractivity contribution in [1.29, 1.82) is 0 Å². The largest absolute Gasteiger partial charge is 0.411 e. The molecule has 0 saturated carbocycles. The summed E-state index contributed by atoms with van der Waals surface area (Å²) in [5.74, 6) is -0.268. The van der Waals surface area contributed by atoms with E-state index in [9.17, 15) is 18.0 Å². The van der Waals surface area contributed by atoms with Gasteiger partial charge in [-0.1, -0.05) is 6.92 Å². The first-order valence-electron chi connectivity index (χ1n) is 4.97. The molecule has 4 nitrogen and oxygen atoms in total. The Morgan fingerprint density at radius 3 is 2.56 bits per heavy atom. The zero-order valence-corrected chi connectivity index (χ0v) is 8.96. The molecule has 1 aliphatic heterocycles. The Bertz CT molecular complexity index is 248. The number of nitrogens with zero attached hydrogens (tertiary/aromatic N) is 1. The summed E-state index contributed by atoms with van der Waals surface area (Å²) in [4.78, 5) is 12.8. The molecule has 0 radical (unpaired) electrons. The van der Waals surface area contributed by atoms with Crippen molar-refractivity contribution < 1.29 is 22.7 Å². The van der Waals surface area contributed by atoms with Gasteiger partial charge in [-0.2, -0.15) is 13.2 Å². The van der Waals surface area contributed by atoms with E-state index in [2.05, 4.69) is 4.74 Å². The van der Waals surface area contributed by atoms with Gasteiger partial charge in [0.2, 0.25) is 5.91 Å². The summed E-state index contributed by atoms with van der Waals surface area (Å²) < 4.78 is 39.5. The van der Waals surface area contributed by atoms with Crippen LogP contribution >= 0.6 is 0 Å². The Morgan fingerprint density at radius 1 is 1.50 bits per heavy atom. The lowest BCUT2D eigenvalue weighted by Gasteiger charge is -2.16. The SMILES string of the molecule is CC1CN(C(=O)COCC(F)(F)F)CC1N. The first kappa shape index (κ1) is 13.2. The number of hydrogen-bond donors (Lipinski definition) is 1. The van der Waals surface area contributed by atoms with Crippen LogP contribution in [0, 0.1) is 5.92 Å². The second-order valence-electron chi connectivity index (χ2n) is 4.05. The van der Waals surface area contributed by atoms with Crippen molar-refractivity contribution in [2.24, 2.45) is 11.7 Å². The van der Waals surface area contributed by atoms with Crippen molar-refractivity contribution in [2.75, 3.05) is 26.3 Å². The van der Waals surface area contributed by atoms with Crippen LogP contribution in [0.4, 0.5) is 13.2 Å². The normalized spacial score (nSPS) is 26.2. The smallest absolute Gasteiger partial charge is 0.362 e. The molecule has 16 heavy (non-hydrogen) atoms. The summed E-state index contributed by atoms with van der Waals surface area (Å²) in [6.45, 7) is 0.826. The van der Waals surface area contributed by atoms with Crippen LogP contribution in [0.1, 0.15) is 6.92 Å². The van der Waals surface area contributed by atoms with Crippen molar-refractivity contribution >= 4 is 5.91 Å². The molecule has 1 heterocycles. The van der Waals surface area contributed by atoms with E-state index in [4.69, 9.17) is 5.73 Å². The molecule has 0 aromatic rings. The van der Waals surface area contributed by atoms with Gasteiger partial charge in [0.15, 0.2) is 0 Å². The number of hydrogen-bond acceptors (Lipinski definition) is 3. The van der Waals surface area contributed by atoms with E-state index in [0.717, 1.165) is 0 Å². The van der Waals surface area contributed by atoms with Crippen molar-refractivity contribution in [1.82, 2.24) is 4.90 Å². The molecule has 2 atom stereocenters. The van der Waals surface area contributed by atoms with Gasteiger partial charge in [0.05, 0.1) is 0 Å². The van der Waals surface area contributed by atoms with E-state index in [1.807, 2.05) is 6.92 Å². The third kappa shape index (κ3) is 3.97. The Morgan fingerprint density at radius 2 is 2.12 bits per heavy atom. The molecule has 0 spiro atoms. The molecule has 94 valence electrons. The van der Waals surface area contributed by atoms with Crippen LogP contribution in [0.5, 0.6) is 0 Å². The molecule has 2 unspecified atom stereocenters. The molecule has 1 amide bonds. The van der Waals surface area contributed by atoms with Gasteiger partial charge in [0, 0.05) is 19.1 Å². The lowest BCUT2D eigenvalue weighted by atomic mass is 10.1. The highest BCUT2D eigenvalue weighted by molar-refractivity contribution is 5.77. The fraction of sp³-hybridized carbons (Fsp3) is 0.889. The van der Waals surface area contributed by atoms with E-state index in [1.165, 1.54) is 4.90 Å². The van der Waals surface area contributed by atoms with Gasteiger partial charge in [-0.15, -0.1) is 0 Å². The number of likely N-dealkylation sites (tertiary alicyclic amines) is 1. The Labute approximate surface area is 91.5 Å². The second-order valence-corrected chi connectivity index (χ2v) is 4.05. The molecule has 0 aliphatic carbocycles. The summed E-state index contributed by atoms with van der Waals surface area (Å²) in [7, 11) is 0. The maximum atomic E-state index is 11.7. The molecule has 2 N–H and O–H groups in total. The monoisotopic (exact) mass is 240 g/mol. The standard InChI is InChI=1S/C9H15F3N2O2/c1-6-2-14(3-7(6)13)8(15)4-16-5-9(10,11)12/h6-7H,2-5,13H2,1H3. The topological polar surface area (TPSA) is 55.6 Å². The molecule has 0 aromatic heterocycles. The first-order valence-corrected chi connectivity index (χ1v) is 4.97. The number of alkyl halides is 3. The maximum absolute atomic E-state index is 11.7. The van der Waals surface area contributed by atoms with Gasteiger partial charge in [0.25, 0.3) is 0 Å². The average molecular weight is 240 g/mol. The molecule has 1 fully saturated rings. The number of ether oxygens (including phenoxy) is 1. The summed E-state index contributed by atoms with van der Waals surface area (Å²) in [6.07, 6.45) is -4.39. The van der Waals surface area contributed by atoms with Crippen LogP contribution in [-0.2, 0) is 9.53 Å². The summed E-state index contributed by atoms with van der Waals surface area (Å²) in [5.41, 5.74) is 5.69. The fourth-order valence-electron chi connectivity index (χ4n) is 1.54. The Hall–Kier alpha value is -0.820. The molecule has 0 bridgehead atoms. The van der Waals surface area contributed by atoms with Gasteiger partial charge in [-0.05, 0) is 5.92 Å². The van der Waals surface area contributed by atoms with Crippen LogP contribution in [0.2, 0.25) is 0 Å². The van der Waals surface area contributed by atoms with Crippen LogP contribution < -0.4 is 5.73 Å². The minimum Gasteiger partial charge on any atom is -0.362 e. The van der Waals surface area contributed by atoms with Crippen LogP contribution in [0.25, 0.3) is 0 Å². The lowest BCUT2D eigenvalue weighted by Crippen LogP contribution is -2.35. The minimum atomic E-state index is -4.39. The number of carbonyl (C=O) groups excluding carboxylic acids is 1. The predicted octanol–water partition coefficient (Wildman–Crippen LogP) is 0.371. The Balaban J connectivity index is 2.26. The van der Waals surface area contributed by atoms with Crippen LogP contribution in [-0.4, -0.2) is 49.3 Å². The minimum absolute atomic E-state index is 0.105. The third-order valence-corrected chi connectivity index (χ3v) is 2.51. The van der Waals surface area contributed by atoms with Crippen molar-refractivity contribution in [2.45, 2.75) is 19.1 Å². The second kappa shape index (κ2) is 5.01. The van der Waals surface area contributed by atoms with E-state index in [0.29, 0.717) is 13.1 Å². The fourth-order valence-corrected chi connectivity index (χ4v) is 1.54. The van der Waals surface area contributed by atoms with Gasteiger partial charge < -0.3 is 15.4 Å². The van der Waals surface area contributed by atoms with Gasteiger partial charge >= 0.3 is 6.18 Å². The van der Waals surface area contributed by atoms with Gasteiger partial charge in [-0.3, -0.25) is 4.79 Å². The average Bonchev–Trinajstić information content (AvgIpc) is 2.45. The molecule has 1 saturated heterocycles. The number of rotatable bonds is 3. The van der Waals surface area contributed by atoms with Crippen LogP contribution in [0.15, 0.2) is 0 Å². The lowest BCUT2D eigenvalue weighted by molar-refractivity contribution is -0.177. The molecule has 0 aromatic carbocycles. The first-order chi connectivity index (χ1) is 7.29. The van der Waals surface area contributed by atoms with Crippen molar-refractivity contribution in [3.8, 4) is 0 Å². The highest BCUT2D eigenvalue weighted by atomic mass is 19.4. The predicted molar refractivity (Wildman–Crippen MR) is 50.6 cm³/mol. The van der Waals surface area contributed by atoms with Gasteiger partial charge in [-0.25, -0.2) is 0 Å². The van der Waals surface area contributed by atoms with Crippen molar-refractivity contribution in [3.05, 3.63) is 0 Å². The highest BCUT2D eigenvalue weighted by Gasteiger charge is 2.31. The van der Waals surface area contributed by atoms with Crippen LogP contribution in [0.3, 0.4) is 0 Å². The quantitative estimate of drug-likeness (QED) is 0.775. The summed E-state index contributed by atoms with van der Waals surface area (Å²) in [5, 5.41) is 0. The van der Waals surface area contributed by atoms with E-state index >= 15 is 0 Å². The number of carbonyl (C=O) groups is 1. The number of nitrogens with two attached hydrogens (primary N) is 1. The van der Waals surface area contributed by atoms with Gasteiger partial charge in [0.1, 0.15) is 13.2 Å². The molecule has 1 aliphatic rings. The summed E-state index contributed by atoms with van der Waals surface area (Å²) >= 11 is 0. The maximum Gasteiger partial charge on any atom is 0.411 e. The zero-order chi connectivity index (χ0) is 12.3. The summed E-state index contributed by atoms with van der Waals surface area (Å²) in [6, 6.07) is -0.105. The zero-order valence-electron chi connectivity index (χ0n) is 8.96. The molecular formula is C9H15F3N2O2. The third-order valence-electron chi connectivity index (χ3n) is 2.51. The Kier molecular flexibility index (Phi) is 4.15.